The molecule has 0 aromatic heterocycles. The first kappa shape index (κ1) is 17.5. The van der Waals surface area contributed by atoms with E-state index in [-0.39, 0.29) is 17.9 Å². The minimum Gasteiger partial charge on any atom is -0.491 e. The molecule has 5 heteroatoms. The van der Waals surface area contributed by atoms with E-state index in [0.29, 0.717) is 17.0 Å². The van der Waals surface area contributed by atoms with Crippen LogP contribution < -0.4 is 15.0 Å². The van der Waals surface area contributed by atoms with Crippen molar-refractivity contribution in [2.45, 2.75) is 26.9 Å². The molecule has 2 rings (SSSR count). The lowest BCUT2D eigenvalue weighted by atomic mass is 10.2. The van der Waals surface area contributed by atoms with Crippen molar-refractivity contribution < 1.29 is 14.3 Å². The van der Waals surface area contributed by atoms with E-state index in [9.17, 15) is 9.59 Å². The van der Waals surface area contributed by atoms with Crippen molar-refractivity contribution in [3.8, 4) is 5.75 Å². The number of ether oxygens (including phenoxy) is 1. The Balaban J connectivity index is 2.08. The van der Waals surface area contributed by atoms with Crippen LogP contribution in [0.2, 0.25) is 0 Å². The fourth-order valence-electron chi connectivity index (χ4n) is 2.14. The predicted molar refractivity (Wildman–Crippen MR) is 95.7 cm³/mol. The van der Waals surface area contributed by atoms with Crippen molar-refractivity contribution in [2.24, 2.45) is 0 Å². The van der Waals surface area contributed by atoms with Crippen LogP contribution in [0.4, 0.5) is 11.4 Å². The molecule has 126 valence electrons. The molecule has 0 saturated carbocycles. The summed E-state index contributed by atoms with van der Waals surface area (Å²) < 4.78 is 5.60. The highest BCUT2D eigenvalue weighted by atomic mass is 16.5. The van der Waals surface area contributed by atoms with Crippen LogP contribution >= 0.6 is 0 Å². The maximum Gasteiger partial charge on any atom is 0.255 e. The van der Waals surface area contributed by atoms with Crippen LogP contribution in [0.25, 0.3) is 0 Å². The van der Waals surface area contributed by atoms with Gasteiger partial charge in [0.1, 0.15) is 5.75 Å². The molecule has 0 aliphatic rings. The lowest BCUT2D eigenvalue weighted by molar-refractivity contribution is -0.116. The first-order chi connectivity index (χ1) is 11.4. The number of benzene rings is 2. The molecule has 5 nitrogen and oxygen atoms in total. The quantitative estimate of drug-likeness (QED) is 0.911. The van der Waals surface area contributed by atoms with Gasteiger partial charge in [-0.25, -0.2) is 0 Å². The van der Waals surface area contributed by atoms with Crippen LogP contribution in [-0.4, -0.2) is 25.0 Å². The van der Waals surface area contributed by atoms with E-state index in [1.807, 2.05) is 19.9 Å². The topological polar surface area (TPSA) is 58.6 Å². The van der Waals surface area contributed by atoms with E-state index < -0.39 is 0 Å². The summed E-state index contributed by atoms with van der Waals surface area (Å²) >= 11 is 0. The number of carbonyl (C=O) groups is 2. The maximum absolute atomic E-state index is 12.3. The van der Waals surface area contributed by atoms with Gasteiger partial charge in [0.05, 0.1) is 6.10 Å². The zero-order valence-electron chi connectivity index (χ0n) is 14.4. The summed E-state index contributed by atoms with van der Waals surface area (Å²) in [6.07, 6.45) is 0.0501. The molecule has 0 radical (unpaired) electrons. The number of anilines is 2. The zero-order chi connectivity index (χ0) is 17.7. The Morgan fingerprint density at radius 3 is 2.33 bits per heavy atom. The highest BCUT2D eigenvalue weighted by Crippen LogP contribution is 2.19. The average molecular weight is 326 g/mol. The summed E-state index contributed by atoms with van der Waals surface area (Å²) in [6, 6.07) is 14.2. The van der Waals surface area contributed by atoms with Crippen LogP contribution in [0.1, 0.15) is 31.1 Å². The predicted octanol–water partition coefficient (Wildman–Crippen LogP) is 3.71. The number of nitrogens with one attached hydrogen (secondary N) is 1. The molecule has 2 amide bonds. The maximum atomic E-state index is 12.3. The van der Waals surface area contributed by atoms with Gasteiger partial charge < -0.3 is 15.0 Å². The molecular formula is C19H22N2O3. The molecule has 24 heavy (non-hydrogen) atoms. The summed E-state index contributed by atoms with van der Waals surface area (Å²) in [6.45, 7) is 5.38. The summed E-state index contributed by atoms with van der Waals surface area (Å²) in [7, 11) is 1.70. The minimum atomic E-state index is -0.211. The van der Waals surface area contributed by atoms with Crippen LogP contribution in [0.5, 0.6) is 5.75 Å². The van der Waals surface area contributed by atoms with Crippen molar-refractivity contribution >= 4 is 23.2 Å². The van der Waals surface area contributed by atoms with E-state index in [4.69, 9.17) is 4.74 Å². The van der Waals surface area contributed by atoms with Gasteiger partial charge in [0.15, 0.2) is 0 Å². The van der Waals surface area contributed by atoms with Crippen molar-refractivity contribution in [1.82, 2.24) is 0 Å². The molecule has 0 saturated heterocycles. The first-order valence-corrected chi connectivity index (χ1v) is 7.79. The van der Waals surface area contributed by atoms with E-state index in [1.165, 1.54) is 6.92 Å². The van der Waals surface area contributed by atoms with Gasteiger partial charge in [-0.2, -0.15) is 0 Å². The third-order valence-electron chi connectivity index (χ3n) is 3.45. The molecule has 0 aliphatic carbocycles. The Bertz CT molecular complexity index is 724. The summed E-state index contributed by atoms with van der Waals surface area (Å²) in [5.41, 5.74) is 1.96. The SMILES string of the molecule is CC(=O)N(C)c1ccc(NC(=O)c2cccc(OC(C)C)c2)cc1. The number of carbonyl (C=O) groups excluding carboxylic acids is 2. The minimum absolute atomic E-state index is 0.0475. The third kappa shape index (κ3) is 4.59. The van der Waals surface area contributed by atoms with Gasteiger partial charge >= 0.3 is 0 Å². The average Bonchev–Trinajstić information content (AvgIpc) is 2.54. The fourth-order valence-corrected chi connectivity index (χ4v) is 2.14. The highest BCUT2D eigenvalue weighted by molar-refractivity contribution is 6.04. The normalized spacial score (nSPS) is 10.4. The molecule has 0 aliphatic heterocycles. The number of rotatable bonds is 5. The Labute approximate surface area is 142 Å². The smallest absolute Gasteiger partial charge is 0.255 e. The number of hydrogen-bond acceptors (Lipinski definition) is 3. The molecule has 0 unspecified atom stereocenters. The molecular weight excluding hydrogens is 304 g/mol. The third-order valence-corrected chi connectivity index (χ3v) is 3.45. The molecule has 0 bridgehead atoms. The highest BCUT2D eigenvalue weighted by Gasteiger charge is 2.09. The van der Waals surface area contributed by atoms with Crippen molar-refractivity contribution in [1.29, 1.82) is 0 Å². The van der Waals surface area contributed by atoms with Gasteiger partial charge in [0.25, 0.3) is 5.91 Å². The molecule has 0 atom stereocenters. The Morgan fingerprint density at radius 2 is 1.75 bits per heavy atom. The van der Waals surface area contributed by atoms with Gasteiger partial charge in [-0.05, 0) is 56.3 Å². The first-order valence-electron chi connectivity index (χ1n) is 7.79. The van der Waals surface area contributed by atoms with Crippen LogP contribution in [0.15, 0.2) is 48.5 Å². The van der Waals surface area contributed by atoms with Gasteiger partial charge in [-0.15, -0.1) is 0 Å². The molecule has 2 aromatic carbocycles. The van der Waals surface area contributed by atoms with E-state index >= 15 is 0 Å². The summed E-state index contributed by atoms with van der Waals surface area (Å²) in [5.74, 6) is 0.404. The Kier molecular flexibility index (Phi) is 5.58. The molecule has 1 N–H and O–H groups in total. The van der Waals surface area contributed by atoms with Crippen LogP contribution in [0.3, 0.4) is 0 Å². The largest absolute Gasteiger partial charge is 0.491 e. The number of amides is 2. The van der Waals surface area contributed by atoms with Gasteiger partial charge in [-0.3, -0.25) is 9.59 Å². The second-order valence-corrected chi connectivity index (χ2v) is 5.77. The molecule has 0 spiro atoms. The fraction of sp³-hybridized carbons (Fsp3) is 0.263. The molecule has 0 fully saturated rings. The molecule has 0 heterocycles. The van der Waals surface area contributed by atoms with E-state index in [1.54, 1.807) is 54.4 Å². The van der Waals surface area contributed by atoms with Gasteiger partial charge in [-0.1, -0.05) is 6.07 Å². The lowest BCUT2D eigenvalue weighted by Crippen LogP contribution is -2.22. The van der Waals surface area contributed by atoms with Gasteiger partial charge in [0, 0.05) is 30.9 Å². The van der Waals surface area contributed by atoms with E-state index in [0.717, 1.165) is 5.69 Å². The standard InChI is InChI=1S/C19H22N2O3/c1-13(2)24-18-7-5-6-15(12-18)19(23)20-16-8-10-17(11-9-16)21(4)14(3)22/h5-13H,1-4H3,(H,20,23). The number of nitrogens with zero attached hydrogens (tertiary/aromatic N) is 1. The summed E-state index contributed by atoms with van der Waals surface area (Å²) in [4.78, 5) is 25.2. The second kappa shape index (κ2) is 7.64. The second-order valence-electron chi connectivity index (χ2n) is 5.77. The Morgan fingerprint density at radius 1 is 1.08 bits per heavy atom. The van der Waals surface area contributed by atoms with E-state index in [2.05, 4.69) is 5.32 Å². The van der Waals surface area contributed by atoms with Crippen LogP contribution in [-0.2, 0) is 4.79 Å². The lowest BCUT2D eigenvalue weighted by Gasteiger charge is -2.15. The zero-order valence-corrected chi connectivity index (χ0v) is 14.4. The van der Waals surface area contributed by atoms with Crippen LogP contribution in [0, 0.1) is 0 Å². The monoisotopic (exact) mass is 326 g/mol. The van der Waals surface area contributed by atoms with Crippen molar-refractivity contribution in [2.75, 3.05) is 17.3 Å². The van der Waals surface area contributed by atoms with Gasteiger partial charge in [0.2, 0.25) is 5.91 Å². The van der Waals surface area contributed by atoms with Crippen molar-refractivity contribution in [3.05, 3.63) is 54.1 Å². The number of hydrogen-bond donors (Lipinski definition) is 1. The Hall–Kier alpha value is -2.82. The van der Waals surface area contributed by atoms with Crippen molar-refractivity contribution in [3.63, 3.8) is 0 Å². The molecule has 2 aromatic rings. The summed E-state index contributed by atoms with van der Waals surface area (Å²) in [5, 5.41) is 2.84.